The number of amides is 1. The molecule has 3 aliphatic rings. The Hall–Kier alpha value is -2.22. The van der Waals surface area contributed by atoms with E-state index in [1.165, 1.54) is 0 Å². The highest BCUT2D eigenvalue weighted by atomic mass is 32.2. The molecule has 1 amide bonds. The summed E-state index contributed by atoms with van der Waals surface area (Å²) < 4.78 is 36.7. The van der Waals surface area contributed by atoms with Gasteiger partial charge in [0.2, 0.25) is 5.91 Å². The molecule has 0 aromatic heterocycles. The molecule has 152 valence electrons. The van der Waals surface area contributed by atoms with E-state index in [0.717, 1.165) is 11.1 Å². The number of benzene rings is 2. The largest absolute Gasteiger partial charge is 0.352 e. The van der Waals surface area contributed by atoms with Gasteiger partial charge in [0.05, 0.1) is 23.6 Å². The molecule has 5 atom stereocenters. The average Bonchev–Trinajstić information content (AvgIpc) is 3.37. The predicted octanol–water partition coefficient (Wildman–Crippen LogP) is 3.03. The van der Waals surface area contributed by atoms with E-state index >= 15 is 0 Å². The van der Waals surface area contributed by atoms with Crippen LogP contribution in [0.25, 0.3) is 0 Å². The van der Waals surface area contributed by atoms with Crippen LogP contribution < -0.4 is 0 Å². The SMILES string of the molecule is Cc1ccc(S(=O)(=O)OC2C[C@@H]3[C@H]4CO[C@@H](c5ccccc5)N4C(=O)[C@@H]3C2)cc1. The normalized spacial score (nSPS) is 31.1. The first-order chi connectivity index (χ1) is 13.9. The third-order valence-corrected chi connectivity index (χ3v) is 7.70. The fourth-order valence-electron chi connectivity index (χ4n) is 4.95. The van der Waals surface area contributed by atoms with Crippen molar-refractivity contribution in [3.05, 3.63) is 65.7 Å². The van der Waals surface area contributed by atoms with Crippen LogP contribution in [-0.4, -0.2) is 38.0 Å². The summed E-state index contributed by atoms with van der Waals surface area (Å²) in [5.41, 5.74) is 1.96. The Bertz CT molecular complexity index is 1020. The van der Waals surface area contributed by atoms with Crippen molar-refractivity contribution < 1.29 is 22.1 Å². The van der Waals surface area contributed by atoms with Gasteiger partial charge in [0.15, 0.2) is 6.23 Å². The smallest absolute Gasteiger partial charge is 0.297 e. The number of rotatable bonds is 4. The third kappa shape index (κ3) is 3.17. The lowest BCUT2D eigenvalue weighted by atomic mass is 9.94. The molecule has 2 aromatic carbocycles. The van der Waals surface area contributed by atoms with Crippen molar-refractivity contribution in [3.63, 3.8) is 0 Å². The molecule has 0 N–H and O–H groups in total. The van der Waals surface area contributed by atoms with Gasteiger partial charge in [0, 0.05) is 11.5 Å². The Morgan fingerprint density at radius 3 is 2.48 bits per heavy atom. The standard InChI is InChI=1S/C22H23NO5S/c1-14-7-9-17(10-8-14)29(25,26)28-16-11-18-19(12-16)21(24)23-20(18)13-27-22(23)15-5-3-2-4-6-15/h2-10,16,18-20,22H,11-13H2,1H3/t16?,18-,19+,20+,22-/m0/s1. The summed E-state index contributed by atoms with van der Waals surface area (Å²) >= 11 is 0. The van der Waals surface area contributed by atoms with Gasteiger partial charge < -0.3 is 9.64 Å². The Morgan fingerprint density at radius 2 is 1.76 bits per heavy atom. The van der Waals surface area contributed by atoms with Gasteiger partial charge in [-0.05, 0) is 37.8 Å². The molecule has 1 unspecified atom stereocenters. The van der Waals surface area contributed by atoms with E-state index in [1.54, 1.807) is 24.3 Å². The van der Waals surface area contributed by atoms with Crippen molar-refractivity contribution >= 4 is 16.0 Å². The van der Waals surface area contributed by atoms with Gasteiger partial charge in [-0.3, -0.25) is 8.98 Å². The number of fused-ring (bicyclic) bond motifs is 3. The van der Waals surface area contributed by atoms with Crippen molar-refractivity contribution in [3.8, 4) is 0 Å². The molecule has 3 fully saturated rings. The van der Waals surface area contributed by atoms with Crippen LogP contribution in [0.1, 0.15) is 30.2 Å². The van der Waals surface area contributed by atoms with Crippen LogP contribution in [-0.2, 0) is 23.8 Å². The van der Waals surface area contributed by atoms with Crippen molar-refractivity contribution in [1.82, 2.24) is 4.90 Å². The average molecular weight is 413 g/mol. The molecule has 6 nitrogen and oxygen atoms in total. The molecule has 0 spiro atoms. The summed E-state index contributed by atoms with van der Waals surface area (Å²) in [6.45, 7) is 2.38. The monoisotopic (exact) mass is 413 g/mol. The second kappa shape index (κ2) is 6.93. The number of ether oxygens (including phenoxy) is 1. The minimum Gasteiger partial charge on any atom is -0.352 e. The molecule has 1 saturated carbocycles. The van der Waals surface area contributed by atoms with Gasteiger partial charge in [0.25, 0.3) is 10.1 Å². The molecule has 5 rings (SSSR count). The van der Waals surface area contributed by atoms with E-state index in [9.17, 15) is 13.2 Å². The van der Waals surface area contributed by atoms with Gasteiger partial charge in [-0.15, -0.1) is 0 Å². The number of carbonyl (C=O) groups excluding carboxylic acids is 1. The van der Waals surface area contributed by atoms with Crippen molar-refractivity contribution in [2.24, 2.45) is 11.8 Å². The first-order valence-electron chi connectivity index (χ1n) is 9.93. The highest BCUT2D eigenvalue weighted by molar-refractivity contribution is 7.86. The Kier molecular flexibility index (Phi) is 4.49. The highest BCUT2D eigenvalue weighted by Crippen LogP contribution is 2.50. The summed E-state index contributed by atoms with van der Waals surface area (Å²) in [6, 6.07) is 16.3. The fourth-order valence-corrected chi connectivity index (χ4v) is 6.04. The Morgan fingerprint density at radius 1 is 1.03 bits per heavy atom. The minimum absolute atomic E-state index is 0.0200. The molecule has 29 heavy (non-hydrogen) atoms. The van der Waals surface area contributed by atoms with Gasteiger partial charge in [-0.1, -0.05) is 48.0 Å². The van der Waals surface area contributed by atoms with E-state index in [4.69, 9.17) is 8.92 Å². The Labute approximate surface area is 170 Å². The molecule has 0 radical (unpaired) electrons. The first-order valence-corrected chi connectivity index (χ1v) is 11.3. The Balaban J connectivity index is 1.31. The third-order valence-electron chi connectivity index (χ3n) is 6.33. The molecular weight excluding hydrogens is 390 g/mol. The summed E-state index contributed by atoms with van der Waals surface area (Å²) in [7, 11) is -3.84. The minimum atomic E-state index is -3.84. The lowest BCUT2D eigenvalue weighted by Gasteiger charge is -2.25. The van der Waals surface area contributed by atoms with E-state index in [0.29, 0.717) is 19.4 Å². The molecular formula is C22H23NO5S. The van der Waals surface area contributed by atoms with Crippen LogP contribution in [0.4, 0.5) is 0 Å². The quantitative estimate of drug-likeness (QED) is 0.721. The molecule has 1 aliphatic carbocycles. The van der Waals surface area contributed by atoms with E-state index in [-0.39, 0.29) is 34.9 Å². The predicted molar refractivity (Wildman–Crippen MR) is 105 cm³/mol. The van der Waals surface area contributed by atoms with Crippen LogP contribution >= 0.6 is 0 Å². The van der Waals surface area contributed by atoms with Crippen molar-refractivity contribution in [2.45, 2.75) is 43.0 Å². The van der Waals surface area contributed by atoms with Crippen molar-refractivity contribution in [1.29, 1.82) is 0 Å². The zero-order chi connectivity index (χ0) is 20.2. The van der Waals surface area contributed by atoms with Gasteiger partial charge >= 0.3 is 0 Å². The van der Waals surface area contributed by atoms with Crippen LogP contribution in [0, 0.1) is 18.8 Å². The van der Waals surface area contributed by atoms with Crippen LogP contribution in [0.15, 0.2) is 59.5 Å². The maximum Gasteiger partial charge on any atom is 0.297 e. The lowest BCUT2D eigenvalue weighted by Crippen LogP contribution is -2.34. The number of nitrogens with zero attached hydrogens (tertiary/aromatic N) is 1. The summed E-state index contributed by atoms with van der Waals surface area (Å²) in [4.78, 5) is 15.1. The molecule has 2 heterocycles. The zero-order valence-corrected chi connectivity index (χ0v) is 16.9. The molecule has 0 bridgehead atoms. The maximum absolute atomic E-state index is 13.1. The summed E-state index contributed by atoms with van der Waals surface area (Å²) in [6.07, 6.45) is 0.157. The fraction of sp³-hybridized carbons (Fsp3) is 0.409. The van der Waals surface area contributed by atoms with Gasteiger partial charge in [-0.25, -0.2) is 0 Å². The second-order valence-electron chi connectivity index (χ2n) is 8.14. The molecule has 2 aliphatic heterocycles. The maximum atomic E-state index is 13.1. The topological polar surface area (TPSA) is 72.9 Å². The van der Waals surface area contributed by atoms with Crippen LogP contribution in [0.5, 0.6) is 0 Å². The lowest BCUT2D eigenvalue weighted by molar-refractivity contribution is -0.137. The zero-order valence-electron chi connectivity index (χ0n) is 16.1. The number of hydrogen-bond donors (Lipinski definition) is 0. The van der Waals surface area contributed by atoms with Crippen LogP contribution in [0.2, 0.25) is 0 Å². The first kappa shape index (κ1) is 18.8. The number of hydrogen-bond acceptors (Lipinski definition) is 5. The summed E-state index contributed by atoms with van der Waals surface area (Å²) in [5, 5.41) is 0. The highest BCUT2D eigenvalue weighted by Gasteiger charge is 2.58. The second-order valence-corrected chi connectivity index (χ2v) is 9.71. The van der Waals surface area contributed by atoms with E-state index < -0.39 is 16.2 Å². The molecule has 2 saturated heterocycles. The van der Waals surface area contributed by atoms with Crippen LogP contribution in [0.3, 0.4) is 0 Å². The number of aryl methyl sites for hydroxylation is 1. The number of carbonyl (C=O) groups is 1. The van der Waals surface area contributed by atoms with Gasteiger partial charge in [-0.2, -0.15) is 8.42 Å². The van der Waals surface area contributed by atoms with Crippen molar-refractivity contribution in [2.75, 3.05) is 6.61 Å². The summed E-state index contributed by atoms with van der Waals surface area (Å²) in [5.74, 6) is -0.0899. The van der Waals surface area contributed by atoms with E-state index in [2.05, 4.69) is 0 Å². The molecule has 7 heteroatoms. The van der Waals surface area contributed by atoms with Gasteiger partial charge in [0.1, 0.15) is 0 Å². The molecule has 2 aromatic rings. The van der Waals surface area contributed by atoms with E-state index in [1.807, 2.05) is 42.2 Å².